The zero-order chi connectivity index (χ0) is 26.7. The number of nitrogens with one attached hydrogen (secondary N) is 4. The van der Waals surface area contributed by atoms with Crippen molar-refractivity contribution < 1.29 is 9.13 Å². The number of thiocarbonyl (C=S) groups is 2. The third-order valence-corrected chi connectivity index (χ3v) is 9.32. The average Bonchev–Trinajstić information content (AvgIpc) is 2.96. The van der Waals surface area contributed by atoms with Gasteiger partial charge in [-0.05, 0) is 58.8 Å². The van der Waals surface area contributed by atoms with Gasteiger partial charge < -0.3 is 20.8 Å². The third kappa shape index (κ3) is 7.62. The molecule has 10 heteroatoms. The Morgan fingerprint density at radius 1 is 0.526 bits per heavy atom. The van der Waals surface area contributed by atoms with Gasteiger partial charge in [0.15, 0.2) is 26.1 Å². The summed E-state index contributed by atoms with van der Waals surface area (Å²) in [6.07, 6.45) is 0. The second kappa shape index (κ2) is 14.0. The molecule has 0 radical (unpaired) electrons. The van der Waals surface area contributed by atoms with Crippen LogP contribution in [0, 0.1) is 0 Å². The Hall–Kier alpha value is -3.28. The van der Waals surface area contributed by atoms with Crippen molar-refractivity contribution in [1.29, 1.82) is 0 Å². The van der Waals surface area contributed by atoms with Crippen molar-refractivity contribution >= 4 is 61.2 Å². The summed E-state index contributed by atoms with van der Waals surface area (Å²) in [4.78, 5) is 0. The second-order valence-electron chi connectivity index (χ2n) is 8.24. The lowest BCUT2D eigenvalue weighted by atomic mass is 10.1. The fraction of sp³-hybridized carbons (Fsp3) is 0.0714. The highest BCUT2D eigenvalue weighted by Gasteiger charge is 2.13. The van der Waals surface area contributed by atoms with Gasteiger partial charge in [-0.2, -0.15) is 0 Å². The molecule has 0 fully saturated rings. The molecule has 2 unspecified atom stereocenters. The van der Waals surface area contributed by atoms with E-state index in [1.807, 2.05) is 109 Å². The molecule has 0 bridgehead atoms. The lowest BCUT2D eigenvalue weighted by Crippen LogP contribution is -2.40. The van der Waals surface area contributed by atoms with Crippen molar-refractivity contribution in [3.63, 3.8) is 0 Å². The molecule has 0 aromatic heterocycles. The first-order valence-electron chi connectivity index (χ1n) is 12.0. The van der Waals surface area contributed by atoms with Gasteiger partial charge in [-0.15, -0.1) is 0 Å². The zero-order valence-electron chi connectivity index (χ0n) is 20.4. The quantitative estimate of drug-likeness (QED) is 0.128. The monoisotopic (exact) mass is 578 g/mol. The Labute approximate surface area is 235 Å². The van der Waals surface area contributed by atoms with Gasteiger partial charge in [0.05, 0.1) is 0 Å². The van der Waals surface area contributed by atoms with E-state index >= 15 is 0 Å². The Morgan fingerprint density at radius 3 is 1.26 bits per heavy atom. The van der Waals surface area contributed by atoms with Crippen molar-refractivity contribution in [3.8, 4) is 22.3 Å². The molecule has 0 heterocycles. The molecule has 0 aliphatic carbocycles. The van der Waals surface area contributed by atoms with Crippen LogP contribution in [0.15, 0.2) is 109 Å². The van der Waals surface area contributed by atoms with Crippen LogP contribution in [0.2, 0.25) is 0 Å². The largest absolute Gasteiger partial charge is 0.361 e. The Bertz CT molecular complexity index is 1340. The van der Waals surface area contributed by atoms with Gasteiger partial charge in [0, 0.05) is 23.7 Å². The Balaban J connectivity index is 1.24. The molecule has 194 valence electrons. The minimum atomic E-state index is -2.37. The highest BCUT2D eigenvalue weighted by Crippen LogP contribution is 2.26. The molecule has 0 aliphatic rings. The van der Waals surface area contributed by atoms with E-state index < -0.39 is 15.9 Å². The van der Waals surface area contributed by atoms with Gasteiger partial charge in [-0.25, -0.2) is 0 Å². The minimum absolute atomic E-state index is 0.294. The summed E-state index contributed by atoms with van der Waals surface area (Å²) >= 11 is 10.7. The molecule has 4 rings (SSSR count). The van der Waals surface area contributed by atoms with Crippen molar-refractivity contribution in [1.82, 2.24) is 20.8 Å². The van der Waals surface area contributed by atoms with E-state index in [1.54, 1.807) is 0 Å². The van der Waals surface area contributed by atoms with Gasteiger partial charge in [-0.1, -0.05) is 97.1 Å². The smallest absolute Gasteiger partial charge is 0.189 e. The molecule has 6 nitrogen and oxygen atoms in total. The summed E-state index contributed by atoms with van der Waals surface area (Å²) in [7, 11) is -4.74. The fourth-order valence-electron chi connectivity index (χ4n) is 3.88. The van der Waals surface area contributed by atoms with Crippen LogP contribution in [0.25, 0.3) is 22.3 Å². The maximum atomic E-state index is 13.0. The molecule has 0 aliphatic heterocycles. The first-order chi connectivity index (χ1) is 18.5. The number of hydrogen-bond donors (Lipinski definition) is 4. The van der Waals surface area contributed by atoms with E-state index in [4.69, 9.17) is 24.4 Å². The molecule has 2 atom stereocenters. The van der Waals surface area contributed by atoms with E-state index in [-0.39, 0.29) is 0 Å². The van der Waals surface area contributed by atoms with Gasteiger partial charge in [0.25, 0.3) is 0 Å². The van der Waals surface area contributed by atoms with Crippen LogP contribution in [-0.2, 0) is 9.13 Å². The topological polar surface area (TPSA) is 82.3 Å². The fourth-order valence-corrected chi connectivity index (χ4v) is 6.94. The standard InChI is InChI=1S/C28H28N4O2P2S2/c33-35(25-17-9-7-15-23(25)21-11-3-1-4-12-21)31-27(37)29-19-20-30-28(38)32-36(34)26-18-10-8-16-24(26)22-13-5-2-6-14-22/h1-18,35-36H,19-20H2,(H2,29,31,33,37)(H2,30,32,34,38). The molecule has 0 saturated carbocycles. The Kier molecular flexibility index (Phi) is 10.2. The molecule has 4 aromatic carbocycles. The zero-order valence-corrected chi connectivity index (χ0v) is 24.1. The average molecular weight is 579 g/mol. The van der Waals surface area contributed by atoms with E-state index in [9.17, 15) is 9.13 Å². The predicted octanol–water partition coefficient (Wildman–Crippen LogP) is 4.85. The first kappa shape index (κ1) is 27.7. The van der Waals surface area contributed by atoms with E-state index in [0.29, 0.717) is 23.3 Å². The van der Waals surface area contributed by atoms with Crippen LogP contribution >= 0.6 is 40.3 Å². The van der Waals surface area contributed by atoms with Crippen molar-refractivity contribution in [2.75, 3.05) is 13.1 Å². The highest BCUT2D eigenvalue weighted by molar-refractivity contribution is 7.81. The maximum Gasteiger partial charge on any atom is 0.189 e. The lowest BCUT2D eigenvalue weighted by molar-refractivity contribution is 0.589. The van der Waals surface area contributed by atoms with E-state index in [2.05, 4.69) is 20.8 Å². The van der Waals surface area contributed by atoms with E-state index in [1.165, 1.54) is 0 Å². The minimum Gasteiger partial charge on any atom is -0.361 e. The summed E-state index contributed by atoms with van der Waals surface area (Å²) < 4.78 is 26.1. The normalized spacial score (nSPS) is 12.1. The van der Waals surface area contributed by atoms with Crippen LogP contribution in [-0.4, -0.2) is 23.3 Å². The van der Waals surface area contributed by atoms with Crippen molar-refractivity contribution in [2.24, 2.45) is 0 Å². The molecule has 0 spiro atoms. The maximum absolute atomic E-state index is 13.0. The summed E-state index contributed by atoms with van der Waals surface area (Å²) in [6.45, 7) is 0.870. The second-order valence-corrected chi connectivity index (χ2v) is 12.0. The summed E-state index contributed by atoms with van der Waals surface area (Å²) in [5.74, 6) is 0. The summed E-state index contributed by atoms with van der Waals surface area (Å²) in [5.41, 5.74) is 3.82. The molecule has 38 heavy (non-hydrogen) atoms. The first-order valence-corrected chi connectivity index (χ1v) is 15.6. The van der Waals surface area contributed by atoms with Gasteiger partial charge >= 0.3 is 0 Å². The van der Waals surface area contributed by atoms with Crippen molar-refractivity contribution in [2.45, 2.75) is 0 Å². The number of benzene rings is 4. The van der Waals surface area contributed by atoms with Gasteiger partial charge in [-0.3, -0.25) is 9.13 Å². The van der Waals surface area contributed by atoms with Gasteiger partial charge in [0.2, 0.25) is 0 Å². The molecule has 4 aromatic rings. The van der Waals surface area contributed by atoms with Crippen LogP contribution in [0.5, 0.6) is 0 Å². The van der Waals surface area contributed by atoms with Crippen LogP contribution in [0.4, 0.5) is 0 Å². The third-order valence-electron chi connectivity index (χ3n) is 5.66. The SMILES string of the molecule is O=[PH](NC(=S)NCCNC(=S)N[PH](=O)c1ccccc1-c1ccccc1)c1ccccc1-c1ccccc1. The molecular weight excluding hydrogens is 550 g/mol. The summed E-state index contributed by atoms with van der Waals surface area (Å²) in [6, 6.07) is 34.8. The molecule has 4 N–H and O–H groups in total. The van der Waals surface area contributed by atoms with Crippen LogP contribution in [0.3, 0.4) is 0 Å². The number of hydrogen-bond acceptors (Lipinski definition) is 4. The van der Waals surface area contributed by atoms with Crippen LogP contribution < -0.4 is 31.4 Å². The summed E-state index contributed by atoms with van der Waals surface area (Å²) in [5, 5.41) is 13.9. The number of rotatable bonds is 9. The molecule has 0 amide bonds. The van der Waals surface area contributed by atoms with E-state index in [0.717, 1.165) is 32.9 Å². The molecular formula is C28H28N4O2P2S2. The Morgan fingerprint density at radius 2 is 0.868 bits per heavy atom. The van der Waals surface area contributed by atoms with Gasteiger partial charge in [0.1, 0.15) is 0 Å². The van der Waals surface area contributed by atoms with Crippen molar-refractivity contribution in [3.05, 3.63) is 109 Å². The van der Waals surface area contributed by atoms with Crippen LogP contribution in [0.1, 0.15) is 0 Å². The molecule has 0 saturated heterocycles. The highest BCUT2D eigenvalue weighted by atomic mass is 32.1. The lowest BCUT2D eigenvalue weighted by Gasteiger charge is -2.15. The predicted molar refractivity (Wildman–Crippen MR) is 168 cm³/mol.